The topological polar surface area (TPSA) is 56.3 Å². The maximum atomic E-state index is 5.63. The minimum Gasteiger partial charge on any atom is -0.356 e. The molecule has 4 rings (SSSR count). The summed E-state index contributed by atoms with van der Waals surface area (Å²) in [5.74, 6) is 2.62. The first kappa shape index (κ1) is 22.8. The highest BCUT2D eigenvalue weighted by Crippen LogP contribution is 2.26. The molecule has 0 unspecified atom stereocenters. The normalized spacial score (nSPS) is 18.4. The van der Waals surface area contributed by atoms with Gasteiger partial charge in [-0.15, -0.1) is 0 Å². The fraction of sp³-hybridized carbons (Fsp3) is 0.560. The van der Waals surface area contributed by atoms with Gasteiger partial charge < -0.3 is 20.4 Å². The molecule has 1 atom stereocenters. The molecule has 172 valence electrons. The van der Waals surface area contributed by atoms with Crippen LogP contribution in [0.5, 0.6) is 0 Å². The molecule has 2 saturated heterocycles. The Labute approximate surface area is 197 Å². The summed E-state index contributed by atoms with van der Waals surface area (Å²) in [6.07, 6.45) is 10.1. The van der Waals surface area contributed by atoms with E-state index in [1.165, 1.54) is 56.9 Å². The van der Waals surface area contributed by atoms with Gasteiger partial charge in [0.2, 0.25) is 5.95 Å². The molecule has 2 aromatic rings. The highest BCUT2D eigenvalue weighted by molar-refractivity contribution is 7.80. The minimum absolute atomic E-state index is 0.107. The molecule has 0 saturated carbocycles. The first-order valence-electron chi connectivity index (χ1n) is 12.2. The fourth-order valence-electron chi connectivity index (χ4n) is 4.56. The predicted octanol–water partition coefficient (Wildman–Crippen LogP) is 5.29. The molecule has 32 heavy (non-hydrogen) atoms. The Balaban J connectivity index is 1.53. The van der Waals surface area contributed by atoms with Crippen LogP contribution in [0.4, 0.5) is 17.6 Å². The summed E-state index contributed by atoms with van der Waals surface area (Å²) in [6, 6.07) is 12.6. The third-order valence-corrected chi connectivity index (χ3v) is 6.65. The molecule has 3 heterocycles. The Hall–Kier alpha value is -2.41. The number of anilines is 3. The molecule has 0 spiro atoms. The molecular weight excluding hydrogens is 416 g/mol. The molecule has 2 N–H and O–H groups in total. The molecule has 0 bridgehead atoms. The first-order valence-corrected chi connectivity index (χ1v) is 12.6. The molecule has 2 fully saturated rings. The standard InChI is InChI=1S/C25H36N6S/c1-20(21-13-7-6-8-14-21)26-25(32)29-24-27-22(30-15-9-2-3-10-16-30)19-23(28-24)31-17-11-4-5-12-18-31/h6-8,13-14,19-20H,2-5,9-12,15-18H2,1H3,(H2,26,27,28,29,32)/t20-/m0/s1. The molecule has 0 amide bonds. The SMILES string of the molecule is C[C@H](NC(=S)Nc1nc(N2CCCCCC2)cc(N2CCCCCC2)n1)c1ccccc1. The number of hydrogen-bond donors (Lipinski definition) is 2. The van der Waals surface area contributed by atoms with E-state index in [9.17, 15) is 0 Å². The van der Waals surface area contributed by atoms with Gasteiger partial charge in [-0.3, -0.25) is 0 Å². The molecule has 7 heteroatoms. The van der Waals surface area contributed by atoms with Crippen LogP contribution in [0.15, 0.2) is 36.4 Å². The summed E-state index contributed by atoms with van der Waals surface area (Å²) in [4.78, 5) is 14.6. The Morgan fingerprint density at radius 3 is 1.81 bits per heavy atom. The molecule has 2 aliphatic rings. The number of aromatic nitrogens is 2. The van der Waals surface area contributed by atoms with Crippen molar-refractivity contribution in [2.75, 3.05) is 41.3 Å². The van der Waals surface area contributed by atoms with Crippen molar-refractivity contribution in [2.24, 2.45) is 0 Å². The summed E-state index contributed by atoms with van der Waals surface area (Å²) >= 11 is 5.63. The third kappa shape index (κ3) is 6.31. The highest BCUT2D eigenvalue weighted by Gasteiger charge is 2.18. The average Bonchev–Trinajstić information content (AvgIpc) is 3.25. The number of nitrogens with zero attached hydrogens (tertiary/aromatic N) is 4. The number of nitrogens with one attached hydrogen (secondary N) is 2. The van der Waals surface area contributed by atoms with E-state index in [1.807, 2.05) is 18.2 Å². The van der Waals surface area contributed by atoms with Crippen LogP contribution >= 0.6 is 12.2 Å². The van der Waals surface area contributed by atoms with Gasteiger partial charge in [-0.2, -0.15) is 9.97 Å². The molecule has 1 aromatic heterocycles. The van der Waals surface area contributed by atoms with Gasteiger partial charge in [0, 0.05) is 32.2 Å². The first-order chi connectivity index (χ1) is 15.7. The lowest BCUT2D eigenvalue weighted by Gasteiger charge is -2.26. The van der Waals surface area contributed by atoms with Crippen molar-refractivity contribution in [1.82, 2.24) is 15.3 Å². The van der Waals surface area contributed by atoms with Crippen LogP contribution < -0.4 is 20.4 Å². The second kappa shape index (κ2) is 11.5. The van der Waals surface area contributed by atoms with Gasteiger partial charge in [0.1, 0.15) is 11.6 Å². The maximum Gasteiger partial charge on any atom is 0.232 e. The number of thiocarbonyl (C=S) groups is 1. The van der Waals surface area contributed by atoms with Gasteiger partial charge in [-0.05, 0) is 50.4 Å². The smallest absolute Gasteiger partial charge is 0.232 e. The van der Waals surface area contributed by atoms with Crippen LogP contribution in [0.25, 0.3) is 0 Å². The molecule has 0 radical (unpaired) electrons. The van der Waals surface area contributed by atoms with Crippen LogP contribution in [0.1, 0.15) is 69.9 Å². The van der Waals surface area contributed by atoms with Crippen LogP contribution in [0.2, 0.25) is 0 Å². The van der Waals surface area contributed by atoms with Gasteiger partial charge >= 0.3 is 0 Å². The predicted molar refractivity (Wildman–Crippen MR) is 138 cm³/mol. The molecule has 0 aliphatic carbocycles. The van der Waals surface area contributed by atoms with Crippen molar-refractivity contribution < 1.29 is 0 Å². The summed E-state index contributed by atoms with van der Waals surface area (Å²) in [5.41, 5.74) is 1.20. The quantitative estimate of drug-likeness (QED) is 0.598. The fourth-order valence-corrected chi connectivity index (χ4v) is 4.83. The summed E-state index contributed by atoms with van der Waals surface area (Å²) in [5, 5.41) is 7.21. The number of benzene rings is 1. The van der Waals surface area contributed by atoms with Crippen molar-refractivity contribution in [1.29, 1.82) is 0 Å². The molecular formula is C25H36N6S. The molecule has 1 aromatic carbocycles. The van der Waals surface area contributed by atoms with Crippen LogP contribution in [0.3, 0.4) is 0 Å². The summed E-state index contributed by atoms with van der Waals surface area (Å²) in [7, 11) is 0. The lowest BCUT2D eigenvalue weighted by Crippen LogP contribution is -2.33. The zero-order chi connectivity index (χ0) is 22.2. The second-order valence-corrected chi connectivity index (χ2v) is 9.35. The number of rotatable bonds is 5. The molecule has 2 aliphatic heterocycles. The zero-order valence-corrected chi connectivity index (χ0v) is 20.0. The van der Waals surface area contributed by atoms with Crippen LogP contribution in [-0.2, 0) is 0 Å². The Kier molecular flexibility index (Phi) is 8.15. The Morgan fingerprint density at radius 2 is 1.31 bits per heavy atom. The van der Waals surface area contributed by atoms with E-state index in [2.05, 4.69) is 45.6 Å². The summed E-state index contributed by atoms with van der Waals surface area (Å²) < 4.78 is 0. The van der Waals surface area contributed by atoms with E-state index < -0.39 is 0 Å². The zero-order valence-electron chi connectivity index (χ0n) is 19.2. The van der Waals surface area contributed by atoms with Gasteiger partial charge in [-0.1, -0.05) is 56.0 Å². The van der Waals surface area contributed by atoms with Crippen molar-refractivity contribution in [3.63, 3.8) is 0 Å². The highest BCUT2D eigenvalue weighted by atomic mass is 32.1. The van der Waals surface area contributed by atoms with Crippen molar-refractivity contribution in [2.45, 2.75) is 64.3 Å². The van der Waals surface area contributed by atoms with Gasteiger partial charge in [0.15, 0.2) is 5.11 Å². The van der Waals surface area contributed by atoms with Crippen molar-refractivity contribution in [3.05, 3.63) is 42.0 Å². The minimum atomic E-state index is 0.107. The van der Waals surface area contributed by atoms with E-state index in [1.54, 1.807) is 0 Å². The lowest BCUT2D eigenvalue weighted by atomic mass is 10.1. The number of hydrogen-bond acceptors (Lipinski definition) is 5. The maximum absolute atomic E-state index is 5.63. The van der Waals surface area contributed by atoms with Gasteiger partial charge in [-0.25, -0.2) is 0 Å². The monoisotopic (exact) mass is 452 g/mol. The van der Waals surface area contributed by atoms with E-state index in [4.69, 9.17) is 22.2 Å². The lowest BCUT2D eigenvalue weighted by molar-refractivity contribution is 0.721. The van der Waals surface area contributed by atoms with Gasteiger partial charge in [0.05, 0.1) is 6.04 Å². The van der Waals surface area contributed by atoms with Crippen LogP contribution in [-0.4, -0.2) is 41.3 Å². The Bertz CT molecular complexity index is 820. The second-order valence-electron chi connectivity index (χ2n) is 8.94. The van der Waals surface area contributed by atoms with E-state index >= 15 is 0 Å². The largest absolute Gasteiger partial charge is 0.356 e. The van der Waals surface area contributed by atoms with Crippen LogP contribution in [0, 0.1) is 0 Å². The van der Waals surface area contributed by atoms with Crippen molar-refractivity contribution in [3.8, 4) is 0 Å². The van der Waals surface area contributed by atoms with Crippen molar-refractivity contribution >= 4 is 34.9 Å². The average molecular weight is 453 g/mol. The molecule has 6 nitrogen and oxygen atoms in total. The Morgan fingerprint density at radius 1 is 0.812 bits per heavy atom. The van der Waals surface area contributed by atoms with E-state index in [0.717, 1.165) is 37.8 Å². The van der Waals surface area contributed by atoms with E-state index in [-0.39, 0.29) is 6.04 Å². The van der Waals surface area contributed by atoms with E-state index in [0.29, 0.717) is 11.1 Å². The summed E-state index contributed by atoms with van der Waals surface area (Å²) in [6.45, 7) is 6.35. The third-order valence-electron chi connectivity index (χ3n) is 6.43. The van der Waals surface area contributed by atoms with Gasteiger partial charge in [0.25, 0.3) is 0 Å².